The molecule has 0 saturated heterocycles. The summed E-state index contributed by atoms with van der Waals surface area (Å²) in [6, 6.07) is 20.8. The standard InChI is InChI=1S/C27H27ClN4O3/c1-3-32(4-2)23-13-10-19(11-14-23)16-24(30-26(34)20-8-6-5-7-9-20)27(35)31-29-18-21-17-22(28)12-15-25(21)33/h5-18,33H,3-4H2,1-2H3,(H,30,34)(H,31,35)/b24-16-,29-18-. The number of hydrazone groups is 1. The lowest BCUT2D eigenvalue weighted by Gasteiger charge is -2.20. The Bertz CT molecular complexity index is 1220. The fourth-order valence-corrected chi connectivity index (χ4v) is 3.51. The molecular formula is C27H27ClN4O3. The van der Waals surface area contributed by atoms with Crippen molar-refractivity contribution < 1.29 is 14.7 Å². The molecule has 7 nitrogen and oxygen atoms in total. The number of phenolic OH excluding ortho intramolecular Hbond substituents is 1. The lowest BCUT2D eigenvalue weighted by Crippen LogP contribution is -2.32. The van der Waals surface area contributed by atoms with Gasteiger partial charge >= 0.3 is 0 Å². The van der Waals surface area contributed by atoms with Crippen LogP contribution in [0, 0.1) is 0 Å². The minimum atomic E-state index is -0.625. The zero-order chi connectivity index (χ0) is 25.2. The van der Waals surface area contributed by atoms with E-state index in [-0.39, 0.29) is 11.4 Å². The summed E-state index contributed by atoms with van der Waals surface area (Å²) >= 11 is 5.94. The Morgan fingerprint density at radius 2 is 1.69 bits per heavy atom. The van der Waals surface area contributed by atoms with Crippen LogP contribution in [0.5, 0.6) is 5.75 Å². The van der Waals surface area contributed by atoms with Crippen molar-refractivity contribution in [3.63, 3.8) is 0 Å². The Kier molecular flexibility index (Phi) is 9.03. The molecule has 0 aromatic heterocycles. The number of benzene rings is 3. The Morgan fingerprint density at radius 1 is 1.00 bits per heavy atom. The minimum Gasteiger partial charge on any atom is -0.507 e. The van der Waals surface area contributed by atoms with Crippen LogP contribution in [0.3, 0.4) is 0 Å². The maximum Gasteiger partial charge on any atom is 0.287 e. The fraction of sp³-hybridized carbons (Fsp3) is 0.148. The number of anilines is 1. The first-order chi connectivity index (χ1) is 16.9. The summed E-state index contributed by atoms with van der Waals surface area (Å²) in [4.78, 5) is 27.8. The third kappa shape index (κ3) is 7.19. The normalized spacial score (nSPS) is 11.3. The molecule has 0 fully saturated rings. The monoisotopic (exact) mass is 490 g/mol. The second-order valence-corrected chi connectivity index (χ2v) is 7.98. The van der Waals surface area contributed by atoms with E-state index in [1.54, 1.807) is 36.4 Å². The van der Waals surface area contributed by atoms with Gasteiger partial charge < -0.3 is 15.3 Å². The van der Waals surface area contributed by atoms with E-state index in [1.165, 1.54) is 24.4 Å². The van der Waals surface area contributed by atoms with Gasteiger partial charge in [0, 0.05) is 34.9 Å². The highest BCUT2D eigenvalue weighted by atomic mass is 35.5. The van der Waals surface area contributed by atoms with Crippen LogP contribution in [0.4, 0.5) is 5.69 Å². The third-order valence-electron chi connectivity index (χ3n) is 5.22. The number of nitrogens with zero attached hydrogens (tertiary/aromatic N) is 2. The smallest absolute Gasteiger partial charge is 0.287 e. The molecule has 0 aliphatic rings. The molecule has 8 heteroatoms. The van der Waals surface area contributed by atoms with E-state index in [0.717, 1.165) is 24.3 Å². The number of carbonyl (C=O) groups excluding carboxylic acids is 2. The van der Waals surface area contributed by atoms with Gasteiger partial charge in [0.15, 0.2) is 0 Å². The van der Waals surface area contributed by atoms with Crippen LogP contribution < -0.4 is 15.6 Å². The zero-order valence-corrected chi connectivity index (χ0v) is 20.3. The van der Waals surface area contributed by atoms with Gasteiger partial charge in [-0.05, 0) is 68.0 Å². The Labute approximate surface area is 209 Å². The van der Waals surface area contributed by atoms with E-state index in [2.05, 4.69) is 34.6 Å². The predicted molar refractivity (Wildman–Crippen MR) is 141 cm³/mol. The predicted octanol–water partition coefficient (Wildman–Crippen LogP) is 4.81. The van der Waals surface area contributed by atoms with Gasteiger partial charge in [-0.2, -0.15) is 5.10 Å². The molecule has 3 N–H and O–H groups in total. The number of aromatic hydroxyl groups is 1. The molecule has 0 aliphatic heterocycles. The number of nitrogens with one attached hydrogen (secondary N) is 2. The molecule has 0 bridgehead atoms. The van der Waals surface area contributed by atoms with Crippen molar-refractivity contribution in [3.8, 4) is 5.75 Å². The molecule has 0 heterocycles. The van der Waals surface area contributed by atoms with Crippen molar-refractivity contribution in [2.45, 2.75) is 13.8 Å². The highest BCUT2D eigenvalue weighted by Crippen LogP contribution is 2.20. The second-order valence-electron chi connectivity index (χ2n) is 7.54. The van der Waals surface area contributed by atoms with E-state index >= 15 is 0 Å². The summed E-state index contributed by atoms with van der Waals surface area (Å²) < 4.78 is 0. The quantitative estimate of drug-likeness (QED) is 0.228. The van der Waals surface area contributed by atoms with Gasteiger partial charge in [-0.15, -0.1) is 0 Å². The molecule has 0 saturated carbocycles. The van der Waals surface area contributed by atoms with Gasteiger partial charge in [-0.3, -0.25) is 9.59 Å². The van der Waals surface area contributed by atoms with Crippen molar-refractivity contribution in [1.29, 1.82) is 0 Å². The lowest BCUT2D eigenvalue weighted by molar-refractivity contribution is -0.117. The number of rotatable bonds is 9. The van der Waals surface area contributed by atoms with Crippen molar-refractivity contribution in [2.75, 3.05) is 18.0 Å². The topological polar surface area (TPSA) is 94.0 Å². The fourth-order valence-electron chi connectivity index (χ4n) is 3.33. The van der Waals surface area contributed by atoms with Gasteiger partial charge in [0.25, 0.3) is 11.8 Å². The van der Waals surface area contributed by atoms with Gasteiger partial charge in [-0.1, -0.05) is 41.9 Å². The van der Waals surface area contributed by atoms with Crippen LogP contribution >= 0.6 is 11.6 Å². The summed E-state index contributed by atoms with van der Waals surface area (Å²) in [5.41, 5.74) is 4.95. The molecule has 3 aromatic carbocycles. The van der Waals surface area contributed by atoms with Crippen molar-refractivity contribution >= 4 is 41.4 Å². The third-order valence-corrected chi connectivity index (χ3v) is 5.46. The van der Waals surface area contributed by atoms with Crippen LogP contribution in [0.1, 0.15) is 35.3 Å². The van der Waals surface area contributed by atoms with Crippen molar-refractivity contribution in [2.24, 2.45) is 5.10 Å². The lowest BCUT2D eigenvalue weighted by atomic mass is 10.1. The summed E-state index contributed by atoms with van der Waals surface area (Å²) in [5, 5.41) is 16.9. The van der Waals surface area contributed by atoms with Crippen LogP contribution in [0.25, 0.3) is 6.08 Å². The summed E-state index contributed by atoms with van der Waals surface area (Å²) in [6.45, 7) is 5.93. The maximum atomic E-state index is 12.9. The highest BCUT2D eigenvalue weighted by Gasteiger charge is 2.14. The summed E-state index contributed by atoms with van der Waals surface area (Å²) in [6.07, 6.45) is 2.85. The number of amides is 2. The van der Waals surface area contributed by atoms with Gasteiger partial charge in [-0.25, -0.2) is 5.43 Å². The number of carbonyl (C=O) groups is 2. The first-order valence-corrected chi connectivity index (χ1v) is 11.5. The Hall–Kier alpha value is -4.10. The average molecular weight is 491 g/mol. The average Bonchev–Trinajstić information content (AvgIpc) is 2.87. The molecule has 180 valence electrons. The first-order valence-electron chi connectivity index (χ1n) is 11.2. The largest absolute Gasteiger partial charge is 0.507 e. The Morgan fingerprint density at radius 3 is 2.34 bits per heavy atom. The van der Waals surface area contributed by atoms with Crippen molar-refractivity contribution in [3.05, 3.63) is 100 Å². The number of hydrogen-bond donors (Lipinski definition) is 3. The first kappa shape index (κ1) is 25.5. The van der Waals surface area contributed by atoms with Gasteiger partial charge in [0.1, 0.15) is 11.4 Å². The molecule has 3 aromatic rings. The molecule has 0 spiro atoms. The van der Waals surface area contributed by atoms with Gasteiger partial charge in [0.05, 0.1) is 6.21 Å². The SMILES string of the molecule is CCN(CC)c1ccc(/C=C(\NC(=O)c2ccccc2)C(=O)N/N=C\c2cc(Cl)ccc2O)cc1. The molecule has 0 unspecified atom stereocenters. The zero-order valence-electron chi connectivity index (χ0n) is 19.5. The van der Waals surface area contributed by atoms with Crippen LogP contribution in [-0.4, -0.2) is 36.2 Å². The van der Waals surface area contributed by atoms with Gasteiger partial charge in [0.2, 0.25) is 0 Å². The molecule has 2 amide bonds. The van der Waals surface area contributed by atoms with E-state index in [9.17, 15) is 14.7 Å². The summed E-state index contributed by atoms with van der Waals surface area (Å²) in [5.74, 6) is -1.09. The molecular weight excluding hydrogens is 464 g/mol. The minimum absolute atomic E-state index is 0.0157. The number of phenols is 1. The van der Waals surface area contributed by atoms with Crippen LogP contribution in [-0.2, 0) is 4.79 Å². The maximum absolute atomic E-state index is 12.9. The molecule has 0 radical (unpaired) electrons. The number of halogens is 1. The molecule has 0 aliphatic carbocycles. The Balaban J connectivity index is 1.84. The van der Waals surface area contributed by atoms with Crippen LogP contribution in [0.2, 0.25) is 5.02 Å². The molecule has 35 heavy (non-hydrogen) atoms. The molecule has 0 atom stereocenters. The van der Waals surface area contributed by atoms with E-state index in [1.807, 2.05) is 24.3 Å². The van der Waals surface area contributed by atoms with E-state index in [0.29, 0.717) is 16.1 Å². The van der Waals surface area contributed by atoms with Crippen LogP contribution in [0.15, 0.2) is 83.6 Å². The summed E-state index contributed by atoms with van der Waals surface area (Å²) in [7, 11) is 0. The van der Waals surface area contributed by atoms with E-state index in [4.69, 9.17) is 11.6 Å². The van der Waals surface area contributed by atoms with Crippen molar-refractivity contribution in [1.82, 2.24) is 10.7 Å². The number of hydrogen-bond acceptors (Lipinski definition) is 5. The highest BCUT2D eigenvalue weighted by molar-refractivity contribution is 6.30. The second kappa shape index (κ2) is 12.4. The molecule has 3 rings (SSSR count). The van der Waals surface area contributed by atoms with E-state index < -0.39 is 11.8 Å².